The van der Waals surface area contributed by atoms with Gasteiger partial charge in [-0.2, -0.15) is 0 Å². The lowest BCUT2D eigenvalue weighted by Gasteiger charge is -2.10. The van der Waals surface area contributed by atoms with E-state index in [4.69, 9.17) is 0 Å². The van der Waals surface area contributed by atoms with Crippen LogP contribution in [0, 0.1) is 0 Å². The number of hydrogen-bond donors (Lipinski definition) is 1. The van der Waals surface area contributed by atoms with Crippen LogP contribution in [0.3, 0.4) is 0 Å². The Labute approximate surface area is 126 Å². The lowest BCUT2D eigenvalue weighted by Crippen LogP contribution is -2.13. The Bertz CT molecular complexity index is 592. The topological polar surface area (TPSA) is 29.1 Å². The molecule has 0 saturated heterocycles. The van der Waals surface area contributed by atoms with Gasteiger partial charge in [-0.05, 0) is 53.6 Å². The van der Waals surface area contributed by atoms with Crippen molar-refractivity contribution in [3.63, 3.8) is 0 Å². The summed E-state index contributed by atoms with van der Waals surface area (Å²) in [5.41, 5.74) is 3.14. The molecule has 19 heavy (non-hydrogen) atoms. The van der Waals surface area contributed by atoms with Gasteiger partial charge in [0.05, 0.1) is 4.88 Å². The van der Waals surface area contributed by atoms with Crippen LogP contribution in [0.1, 0.15) is 34.6 Å². The summed E-state index contributed by atoms with van der Waals surface area (Å²) in [6, 6.07) is 7.95. The molecule has 0 fully saturated rings. The maximum Gasteiger partial charge on any atom is 0.266 e. The molecule has 2 rings (SSSR count). The molecule has 0 unspecified atom stereocenters. The quantitative estimate of drug-likeness (QED) is 0.845. The summed E-state index contributed by atoms with van der Waals surface area (Å²) in [5, 5.41) is 4.98. The molecule has 2 nitrogen and oxygen atoms in total. The normalized spacial score (nSPS) is 10.5. The van der Waals surface area contributed by atoms with E-state index in [1.165, 1.54) is 11.3 Å². The summed E-state index contributed by atoms with van der Waals surface area (Å²) in [7, 11) is 0. The van der Waals surface area contributed by atoms with Gasteiger partial charge in [0.2, 0.25) is 0 Å². The molecule has 0 radical (unpaired) electrons. The number of amides is 1. The van der Waals surface area contributed by atoms with Gasteiger partial charge in [-0.25, -0.2) is 0 Å². The van der Waals surface area contributed by atoms with Crippen molar-refractivity contribution in [3.8, 4) is 0 Å². The van der Waals surface area contributed by atoms with Gasteiger partial charge in [-0.15, -0.1) is 11.3 Å². The number of thiophene rings is 1. The number of hydrogen-bond acceptors (Lipinski definition) is 2. The molecule has 0 bridgehead atoms. The zero-order chi connectivity index (χ0) is 13.8. The highest BCUT2D eigenvalue weighted by Gasteiger charge is 2.13. The third-order valence-corrected chi connectivity index (χ3v) is 4.48. The van der Waals surface area contributed by atoms with Crippen molar-refractivity contribution in [1.29, 1.82) is 0 Å². The van der Waals surface area contributed by atoms with E-state index in [1.807, 2.05) is 29.6 Å². The van der Waals surface area contributed by atoms with Gasteiger partial charge in [0, 0.05) is 10.2 Å². The van der Waals surface area contributed by atoms with Crippen molar-refractivity contribution in [2.24, 2.45) is 0 Å². The lowest BCUT2D eigenvalue weighted by atomic mass is 10.1. The second-order valence-corrected chi connectivity index (χ2v) is 6.07. The van der Waals surface area contributed by atoms with Gasteiger partial charge in [0.25, 0.3) is 5.91 Å². The summed E-state index contributed by atoms with van der Waals surface area (Å²) in [4.78, 5) is 13.1. The molecule has 0 atom stereocenters. The Balaban J connectivity index is 2.24. The van der Waals surface area contributed by atoms with Crippen LogP contribution in [-0.2, 0) is 12.8 Å². The summed E-state index contributed by atoms with van der Waals surface area (Å²) < 4.78 is 1.03. The number of anilines is 1. The van der Waals surface area contributed by atoms with Gasteiger partial charge in [-0.1, -0.05) is 29.8 Å². The fourth-order valence-corrected chi connectivity index (χ4v) is 3.27. The Morgan fingerprint density at radius 2 is 1.95 bits per heavy atom. The molecule has 1 aromatic carbocycles. The van der Waals surface area contributed by atoms with Crippen molar-refractivity contribution in [1.82, 2.24) is 0 Å². The fourth-order valence-electron chi connectivity index (χ4n) is 1.97. The van der Waals surface area contributed by atoms with Crippen LogP contribution in [0.25, 0.3) is 0 Å². The monoisotopic (exact) mass is 337 g/mol. The maximum absolute atomic E-state index is 12.3. The first-order valence-electron chi connectivity index (χ1n) is 6.31. The summed E-state index contributed by atoms with van der Waals surface area (Å²) in [6.07, 6.45) is 1.77. The standard InChI is InChI=1S/C15H16BrNOS/c1-3-10-7-8-19-14(10)15(18)17-13-6-5-12(16)9-11(13)4-2/h5-9H,3-4H2,1-2H3,(H,17,18). The first kappa shape index (κ1) is 14.3. The Morgan fingerprint density at radius 3 is 2.63 bits per heavy atom. The Morgan fingerprint density at radius 1 is 1.21 bits per heavy atom. The first-order chi connectivity index (χ1) is 9.15. The van der Waals surface area contributed by atoms with Gasteiger partial charge in [-0.3, -0.25) is 4.79 Å². The largest absolute Gasteiger partial charge is 0.321 e. The third kappa shape index (κ3) is 3.25. The molecular formula is C15H16BrNOS. The highest BCUT2D eigenvalue weighted by molar-refractivity contribution is 9.10. The SMILES string of the molecule is CCc1cc(Br)ccc1NC(=O)c1sccc1CC. The molecule has 4 heteroatoms. The molecule has 0 spiro atoms. The van der Waals surface area contributed by atoms with Crippen molar-refractivity contribution in [3.05, 3.63) is 50.1 Å². The van der Waals surface area contributed by atoms with E-state index in [0.717, 1.165) is 39.0 Å². The zero-order valence-electron chi connectivity index (χ0n) is 11.0. The van der Waals surface area contributed by atoms with Crippen molar-refractivity contribution in [2.45, 2.75) is 26.7 Å². The van der Waals surface area contributed by atoms with Crippen molar-refractivity contribution in [2.75, 3.05) is 5.32 Å². The van der Waals surface area contributed by atoms with Crippen LogP contribution in [0.4, 0.5) is 5.69 Å². The minimum atomic E-state index is -0.0103. The van der Waals surface area contributed by atoms with Gasteiger partial charge in [0.15, 0.2) is 0 Å². The van der Waals surface area contributed by atoms with Crippen LogP contribution < -0.4 is 5.32 Å². The molecule has 0 aliphatic carbocycles. The minimum absolute atomic E-state index is 0.0103. The number of nitrogens with one attached hydrogen (secondary N) is 1. The van der Waals surface area contributed by atoms with Crippen LogP contribution >= 0.6 is 27.3 Å². The number of aryl methyl sites for hydroxylation is 2. The molecule has 0 aliphatic heterocycles. The molecule has 1 N–H and O–H groups in total. The number of rotatable bonds is 4. The zero-order valence-corrected chi connectivity index (χ0v) is 13.4. The molecule has 1 amide bonds. The second kappa shape index (κ2) is 6.35. The Kier molecular flexibility index (Phi) is 4.77. The van der Waals surface area contributed by atoms with E-state index in [9.17, 15) is 4.79 Å². The third-order valence-electron chi connectivity index (χ3n) is 3.03. The number of carbonyl (C=O) groups excluding carboxylic acids is 1. The average Bonchev–Trinajstić information content (AvgIpc) is 2.89. The number of benzene rings is 1. The molecule has 1 aromatic heterocycles. The first-order valence-corrected chi connectivity index (χ1v) is 7.99. The fraction of sp³-hybridized carbons (Fsp3) is 0.267. The summed E-state index contributed by atoms with van der Waals surface area (Å²) in [6.45, 7) is 4.15. The molecule has 100 valence electrons. The van der Waals surface area contributed by atoms with Crippen LogP contribution in [0.2, 0.25) is 0 Å². The summed E-state index contributed by atoms with van der Waals surface area (Å²) >= 11 is 4.95. The molecule has 2 aromatic rings. The van der Waals surface area contributed by atoms with Crippen molar-refractivity contribution < 1.29 is 4.79 Å². The molecule has 1 heterocycles. The molecule has 0 saturated carbocycles. The highest BCUT2D eigenvalue weighted by atomic mass is 79.9. The van der Waals surface area contributed by atoms with Gasteiger partial charge >= 0.3 is 0 Å². The molecular weight excluding hydrogens is 322 g/mol. The summed E-state index contributed by atoms with van der Waals surface area (Å²) in [5.74, 6) is -0.0103. The van der Waals surface area contributed by atoms with E-state index in [0.29, 0.717) is 0 Å². The maximum atomic E-state index is 12.3. The number of halogens is 1. The lowest BCUT2D eigenvalue weighted by molar-refractivity contribution is 0.102. The van der Waals surface area contributed by atoms with Crippen LogP contribution in [0.5, 0.6) is 0 Å². The van der Waals surface area contributed by atoms with E-state index in [1.54, 1.807) is 0 Å². The second-order valence-electron chi connectivity index (χ2n) is 4.24. The van der Waals surface area contributed by atoms with Gasteiger partial charge in [0.1, 0.15) is 0 Å². The molecule has 0 aliphatic rings. The predicted molar refractivity (Wildman–Crippen MR) is 85.2 cm³/mol. The van der Waals surface area contributed by atoms with Crippen molar-refractivity contribution >= 4 is 38.9 Å². The smallest absolute Gasteiger partial charge is 0.266 e. The average molecular weight is 338 g/mol. The predicted octanol–water partition coefficient (Wildman–Crippen LogP) is 4.89. The van der Waals surface area contributed by atoms with E-state index in [2.05, 4.69) is 35.1 Å². The van der Waals surface area contributed by atoms with Crippen LogP contribution in [0.15, 0.2) is 34.1 Å². The minimum Gasteiger partial charge on any atom is -0.321 e. The highest BCUT2D eigenvalue weighted by Crippen LogP contribution is 2.24. The Hall–Kier alpha value is -1.13. The van der Waals surface area contributed by atoms with E-state index in [-0.39, 0.29) is 5.91 Å². The van der Waals surface area contributed by atoms with Gasteiger partial charge < -0.3 is 5.32 Å². The number of carbonyl (C=O) groups is 1. The van der Waals surface area contributed by atoms with E-state index >= 15 is 0 Å². The van der Waals surface area contributed by atoms with Crippen LogP contribution in [-0.4, -0.2) is 5.91 Å². The van der Waals surface area contributed by atoms with E-state index < -0.39 is 0 Å².